The second kappa shape index (κ2) is 8.75. The van der Waals surface area contributed by atoms with Crippen LogP contribution in [-0.4, -0.2) is 53.1 Å². The molecule has 0 saturated carbocycles. The highest BCUT2D eigenvalue weighted by molar-refractivity contribution is 5.74. The highest BCUT2D eigenvalue weighted by atomic mass is 16.2. The first-order valence-electron chi connectivity index (χ1n) is 10.1. The molecule has 0 bridgehead atoms. The van der Waals surface area contributed by atoms with Gasteiger partial charge in [-0.2, -0.15) is 0 Å². The number of hydrogen-bond acceptors (Lipinski definition) is 6. The van der Waals surface area contributed by atoms with Crippen molar-refractivity contribution in [3.8, 4) is 0 Å². The van der Waals surface area contributed by atoms with E-state index in [1.165, 1.54) is 0 Å². The quantitative estimate of drug-likeness (QED) is 0.537. The maximum atomic E-state index is 12.0. The van der Waals surface area contributed by atoms with Gasteiger partial charge in [0.25, 0.3) is 0 Å². The van der Waals surface area contributed by atoms with E-state index in [2.05, 4.69) is 53.7 Å². The van der Waals surface area contributed by atoms with E-state index >= 15 is 0 Å². The lowest BCUT2D eigenvalue weighted by atomic mass is 9.92. The molecule has 0 spiro atoms. The van der Waals surface area contributed by atoms with Gasteiger partial charge in [0.2, 0.25) is 5.91 Å². The number of benzene rings is 1. The van der Waals surface area contributed by atoms with Crippen molar-refractivity contribution in [3.63, 3.8) is 0 Å². The van der Waals surface area contributed by atoms with Crippen molar-refractivity contribution in [3.05, 3.63) is 36.2 Å². The molecule has 2 aliphatic heterocycles. The van der Waals surface area contributed by atoms with Crippen LogP contribution >= 0.6 is 0 Å². The lowest BCUT2D eigenvalue weighted by Crippen LogP contribution is -2.61. The molecular weight excluding hydrogens is 352 g/mol. The molecule has 2 aliphatic rings. The van der Waals surface area contributed by atoms with Crippen molar-refractivity contribution < 1.29 is 4.79 Å². The van der Waals surface area contributed by atoms with E-state index in [-0.39, 0.29) is 24.0 Å². The van der Waals surface area contributed by atoms with Crippen molar-refractivity contribution in [2.24, 2.45) is 16.8 Å². The topological polar surface area (TPSA) is 86.0 Å². The predicted molar refractivity (Wildman–Crippen MR) is 115 cm³/mol. The summed E-state index contributed by atoms with van der Waals surface area (Å²) in [7, 11) is 0. The molecule has 3 rings (SSSR count). The summed E-state index contributed by atoms with van der Waals surface area (Å²) in [5, 5.41) is 3.39. The van der Waals surface area contributed by atoms with Gasteiger partial charge in [-0.25, -0.2) is 4.99 Å². The lowest BCUT2D eigenvalue weighted by Gasteiger charge is -2.47. The Morgan fingerprint density at radius 1 is 1.21 bits per heavy atom. The molecule has 1 saturated heterocycles. The number of nitrogens with zero attached hydrogens (tertiary/aromatic N) is 3. The fraction of sp³-hybridized carbons (Fsp3) is 0.524. The monoisotopic (exact) mass is 384 g/mol. The predicted octanol–water partition coefficient (Wildman–Crippen LogP) is 2.65. The molecule has 0 radical (unpaired) electrons. The molecule has 1 aromatic carbocycles. The number of nitrogens with two attached hydrogens (primary N) is 1. The Hall–Kier alpha value is -2.38. The first kappa shape index (κ1) is 20.4. The van der Waals surface area contributed by atoms with Gasteiger partial charge in [-0.15, -0.1) is 0 Å². The van der Waals surface area contributed by atoms with Gasteiger partial charge < -0.3 is 15.6 Å². The summed E-state index contributed by atoms with van der Waals surface area (Å²) in [5.74, 6) is 6.96. The Balaban J connectivity index is 1.81. The number of carbonyl (C=O) groups excluding carboxylic acids is 1. The van der Waals surface area contributed by atoms with E-state index in [0.717, 1.165) is 36.7 Å². The van der Waals surface area contributed by atoms with Crippen LogP contribution in [0.4, 0.5) is 11.4 Å². The molecule has 152 valence electrons. The van der Waals surface area contributed by atoms with Crippen molar-refractivity contribution in [1.82, 2.24) is 9.80 Å². The van der Waals surface area contributed by atoms with E-state index in [4.69, 9.17) is 5.84 Å². The number of anilines is 2. The number of amides is 1. The lowest BCUT2D eigenvalue weighted by molar-refractivity contribution is -0.137. The zero-order valence-electron chi connectivity index (χ0n) is 17.2. The maximum absolute atomic E-state index is 12.0. The van der Waals surface area contributed by atoms with Crippen molar-refractivity contribution in [2.45, 2.75) is 52.2 Å². The summed E-state index contributed by atoms with van der Waals surface area (Å²) in [5.41, 5.74) is 4.44. The summed E-state index contributed by atoms with van der Waals surface area (Å²) >= 11 is 0. The SMILES string of the molecule is CCC1C=NC(Nc2ccccc2NN)=CC1N1C[C@@H](C)N(C(C)=O)[C@@H](C)C1. The van der Waals surface area contributed by atoms with E-state index in [9.17, 15) is 4.79 Å². The van der Waals surface area contributed by atoms with Gasteiger partial charge in [-0.05, 0) is 38.5 Å². The molecule has 28 heavy (non-hydrogen) atoms. The molecule has 1 aromatic rings. The highest BCUT2D eigenvalue weighted by Crippen LogP contribution is 2.28. The van der Waals surface area contributed by atoms with Gasteiger partial charge in [-0.3, -0.25) is 15.5 Å². The molecular formula is C21H32N6O. The van der Waals surface area contributed by atoms with Crippen LogP contribution in [0, 0.1) is 5.92 Å². The fourth-order valence-corrected chi connectivity index (χ4v) is 4.47. The maximum Gasteiger partial charge on any atom is 0.220 e. The Labute approximate surface area is 167 Å². The minimum atomic E-state index is 0.153. The average Bonchev–Trinajstić information content (AvgIpc) is 2.67. The summed E-state index contributed by atoms with van der Waals surface area (Å²) in [6.45, 7) is 9.85. The zero-order chi connectivity index (χ0) is 20.3. The number of hydrazine groups is 1. The standard InChI is InChI=1S/C21H32N6O/c1-5-17-11-23-21(24-18-8-6-7-9-19(18)25-22)10-20(17)26-12-14(2)27(16(4)28)15(3)13-26/h6-11,14-15,17,20,24-25H,5,12-13,22H2,1-4H3/t14-,15+,17?,20?. The third-order valence-corrected chi connectivity index (χ3v) is 5.72. The summed E-state index contributed by atoms with van der Waals surface area (Å²) < 4.78 is 0. The summed E-state index contributed by atoms with van der Waals surface area (Å²) in [4.78, 5) is 21.1. The molecule has 2 unspecified atom stereocenters. The highest BCUT2D eigenvalue weighted by Gasteiger charge is 2.36. The summed E-state index contributed by atoms with van der Waals surface area (Å²) in [6.07, 6.45) is 5.29. The van der Waals surface area contributed by atoms with Gasteiger partial charge in [0.15, 0.2) is 0 Å². The number of aliphatic imine (C=N–C) groups is 1. The third-order valence-electron chi connectivity index (χ3n) is 5.72. The number of nitrogens with one attached hydrogen (secondary N) is 2. The Bertz CT molecular complexity index is 749. The largest absolute Gasteiger partial charge is 0.339 e. The third kappa shape index (κ3) is 4.20. The van der Waals surface area contributed by atoms with Gasteiger partial charge in [0.1, 0.15) is 5.82 Å². The van der Waals surface area contributed by atoms with Gasteiger partial charge >= 0.3 is 0 Å². The zero-order valence-corrected chi connectivity index (χ0v) is 17.2. The first-order valence-corrected chi connectivity index (χ1v) is 10.1. The number of rotatable bonds is 5. The molecule has 2 heterocycles. The normalized spacial score (nSPS) is 28.0. The van der Waals surface area contributed by atoms with Crippen LogP contribution < -0.4 is 16.6 Å². The van der Waals surface area contributed by atoms with E-state index in [1.54, 1.807) is 6.92 Å². The molecule has 1 fully saturated rings. The first-order chi connectivity index (χ1) is 13.4. The number of nitrogen functional groups attached to an aromatic ring is 1. The van der Waals surface area contributed by atoms with Gasteiger partial charge in [0, 0.05) is 50.3 Å². The molecule has 7 nitrogen and oxygen atoms in total. The molecule has 0 aliphatic carbocycles. The van der Waals surface area contributed by atoms with Crippen molar-refractivity contribution in [2.75, 3.05) is 23.8 Å². The van der Waals surface area contributed by atoms with Crippen LogP contribution in [-0.2, 0) is 4.79 Å². The molecule has 4 atom stereocenters. The van der Waals surface area contributed by atoms with Crippen molar-refractivity contribution in [1.29, 1.82) is 0 Å². The van der Waals surface area contributed by atoms with E-state index in [1.807, 2.05) is 29.2 Å². The number of carbonyl (C=O) groups is 1. The number of piperazine rings is 1. The van der Waals surface area contributed by atoms with Crippen LogP contribution in [0.3, 0.4) is 0 Å². The van der Waals surface area contributed by atoms with Crippen LogP contribution in [0.25, 0.3) is 0 Å². The number of hydrogen-bond donors (Lipinski definition) is 3. The summed E-state index contributed by atoms with van der Waals surface area (Å²) in [6, 6.07) is 8.45. The minimum absolute atomic E-state index is 0.153. The smallest absolute Gasteiger partial charge is 0.220 e. The molecule has 7 heteroatoms. The van der Waals surface area contributed by atoms with Crippen LogP contribution in [0.15, 0.2) is 41.2 Å². The Kier molecular flexibility index (Phi) is 6.36. The van der Waals surface area contributed by atoms with Crippen LogP contribution in [0.1, 0.15) is 34.1 Å². The average molecular weight is 385 g/mol. The van der Waals surface area contributed by atoms with Gasteiger partial charge in [-0.1, -0.05) is 19.1 Å². The van der Waals surface area contributed by atoms with E-state index in [0.29, 0.717) is 5.92 Å². The van der Waals surface area contributed by atoms with Crippen LogP contribution in [0.2, 0.25) is 0 Å². The second-order valence-electron chi connectivity index (χ2n) is 7.79. The Morgan fingerprint density at radius 2 is 1.86 bits per heavy atom. The molecule has 0 aromatic heterocycles. The fourth-order valence-electron chi connectivity index (χ4n) is 4.47. The van der Waals surface area contributed by atoms with Gasteiger partial charge in [0.05, 0.1) is 11.4 Å². The Morgan fingerprint density at radius 3 is 2.43 bits per heavy atom. The van der Waals surface area contributed by atoms with Crippen LogP contribution in [0.5, 0.6) is 0 Å². The molecule has 1 amide bonds. The van der Waals surface area contributed by atoms with E-state index < -0.39 is 0 Å². The number of para-hydroxylation sites is 2. The second-order valence-corrected chi connectivity index (χ2v) is 7.79. The minimum Gasteiger partial charge on any atom is -0.339 e. The van der Waals surface area contributed by atoms with Crippen molar-refractivity contribution >= 4 is 23.5 Å². The molecule has 4 N–H and O–H groups in total.